The lowest BCUT2D eigenvalue weighted by molar-refractivity contribution is -0.134. The number of carbonyl (C=O) groups is 5. The Hall–Kier alpha value is -4.21. The number of esters is 1. The highest BCUT2D eigenvalue weighted by Crippen LogP contribution is 2.20. The van der Waals surface area contributed by atoms with Gasteiger partial charge in [0, 0.05) is 6.42 Å². The average molecular weight is 402 g/mol. The van der Waals surface area contributed by atoms with E-state index in [1.54, 1.807) is 0 Å². The van der Waals surface area contributed by atoms with Crippen LogP contribution in [0.4, 0.5) is 0 Å². The molecule has 0 atom stereocenters. The molecule has 0 saturated heterocycles. The van der Waals surface area contributed by atoms with Crippen LogP contribution in [0.2, 0.25) is 0 Å². The largest absolute Gasteiger partial charge is 0.478 e. The molecule has 0 amide bonds. The Kier molecular flexibility index (Phi) is 6.29. The maximum Gasteiger partial charge on any atom is 0.336 e. The molecule has 0 aliphatic rings. The predicted octanol–water partition coefficient (Wildman–Crippen LogP) is 2.02. The number of hydrogen-bond acceptors (Lipinski definition) is 6. The Morgan fingerprint density at radius 3 is 1.66 bits per heavy atom. The van der Waals surface area contributed by atoms with Gasteiger partial charge in [0.15, 0.2) is 0 Å². The van der Waals surface area contributed by atoms with Crippen LogP contribution in [-0.4, -0.2) is 50.3 Å². The van der Waals surface area contributed by atoms with Gasteiger partial charge >= 0.3 is 29.8 Å². The molecule has 0 aliphatic carbocycles. The first-order chi connectivity index (χ1) is 13.6. The minimum absolute atomic E-state index is 0.0397. The summed E-state index contributed by atoms with van der Waals surface area (Å²) in [6, 6.07) is 6.68. The first-order valence-electron chi connectivity index (χ1n) is 8.01. The predicted molar refractivity (Wildman–Crippen MR) is 94.7 cm³/mol. The van der Waals surface area contributed by atoms with Crippen LogP contribution >= 0.6 is 0 Å². The lowest BCUT2D eigenvalue weighted by Gasteiger charge is -2.08. The van der Waals surface area contributed by atoms with E-state index in [-0.39, 0.29) is 24.2 Å². The minimum Gasteiger partial charge on any atom is -0.478 e. The molecule has 0 bridgehead atoms. The second kappa shape index (κ2) is 8.65. The van der Waals surface area contributed by atoms with Crippen LogP contribution in [0.5, 0.6) is 5.75 Å². The summed E-state index contributed by atoms with van der Waals surface area (Å²) in [6.45, 7) is 0. The van der Waals surface area contributed by atoms with Crippen molar-refractivity contribution in [3.63, 3.8) is 0 Å². The van der Waals surface area contributed by atoms with Crippen LogP contribution in [0.1, 0.15) is 53.4 Å². The van der Waals surface area contributed by atoms with E-state index in [0.29, 0.717) is 5.56 Å². The Morgan fingerprint density at radius 1 is 0.655 bits per heavy atom. The van der Waals surface area contributed by atoms with Gasteiger partial charge in [-0.3, -0.25) is 4.79 Å². The van der Waals surface area contributed by atoms with Crippen molar-refractivity contribution >= 4 is 29.8 Å². The second-order valence-corrected chi connectivity index (χ2v) is 5.78. The highest BCUT2D eigenvalue weighted by atomic mass is 16.5. The van der Waals surface area contributed by atoms with Crippen LogP contribution in [0.15, 0.2) is 36.4 Å². The van der Waals surface area contributed by atoms with Crippen molar-refractivity contribution in [3.8, 4) is 5.75 Å². The molecule has 0 radical (unpaired) electrons. The number of hydrogen-bond donors (Lipinski definition) is 4. The molecule has 150 valence electrons. The number of aryl methyl sites for hydroxylation is 1. The van der Waals surface area contributed by atoms with E-state index in [1.807, 2.05) is 0 Å². The fraction of sp³-hybridized carbons (Fsp3) is 0.105. The van der Waals surface area contributed by atoms with Crippen molar-refractivity contribution in [3.05, 3.63) is 64.2 Å². The number of rotatable bonds is 8. The summed E-state index contributed by atoms with van der Waals surface area (Å²) >= 11 is 0. The SMILES string of the molecule is O=C(CCc1ccc(C(=O)O)c(C(=O)O)c1)Oc1ccc(C(=O)O)c(C(=O)O)c1. The number of carboxylic acids is 4. The van der Waals surface area contributed by atoms with Gasteiger partial charge in [0.1, 0.15) is 5.75 Å². The molecule has 10 nitrogen and oxygen atoms in total. The van der Waals surface area contributed by atoms with E-state index < -0.39 is 46.5 Å². The van der Waals surface area contributed by atoms with E-state index in [1.165, 1.54) is 6.07 Å². The molecular weight excluding hydrogens is 388 g/mol. The third-order valence-electron chi connectivity index (χ3n) is 3.85. The van der Waals surface area contributed by atoms with Gasteiger partial charge in [-0.2, -0.15) is 0 Å². The number of ether oxygens (including phenoxy) is 1. The Bertz CT molecular complexity index is 1020. The molecule has 0 spiro atoms. The zero-order valence-electron chi connectivity index (χ0n) is 14.6. The summed E-state index contributed by atoms with van der Waals surface area (Å²) in [6.07, 6.45) is -0.174. The summed E-state index contributed by atoms with van der Waals surface area (Å²) in [4.78, 5) is 56.3. The fourth-order valence-corrected chi connectivity index (χ4v) is 2.49. The average Bonchev–Trinajstić information content (AvgIpc) is 2.65. The molecule has 0 saturated carbocycles. The van der Waals surface area contributed by atoms with Crippen LogP contribution in [0.25, 0.3) is 0 Å². The van der Waals surface area contributed by atoms with Crippen molar-refractivity contribution in [2.45, 2.75) is 12.8 Å². The van der Waals surface area contributed by atoms with E-state index >= 15 is 0 Å². The molecule has 2 aromatic carbocycles. The van der Waals surface area contributed by atoms with Crippen LogP contribution < -0.4 is 4.74 Å². The lowest BCUT2D eigenvalue weighted by atomic mass is 10.0. The zero-order chi connectivity index (χ0) is 21.7. The Labute approximate surface area is 162 Å². The van der Waals surface area contributed by atoms with Crippen molar-refractivity contribution in [1.82, 2.24) is 0 Å². The monoisotopic (exact) mass is 402 g/mol. The molecule has 0 aromatic heterocycles. The van der Waals surface area contributed by atoms with Gasteiger partial charge in [0.25, 0.3) is 0 Å². The third kappa shape index (κ3) is 5.16. The molecule has 4 N–H and O–H groups in total. The summed E-state index contributed by atoms with van der Waals surface area (Å²) in [5, 5.41) is 36.1. The standard InChI is InChI=1S/C19H14O10/c20-15(29-10-3-5-12(17(23)24)14(8-10)19(27)28)6-2-9-1-4-11(16(21)22)13(7-9)18(25)26/h1,3-5,7-8H,2,6H2,(H,21,22)(H,23,24)(H,25,26)(H,27,28). The van der Waals surface area contributed by atoms with E-state index in [0.717, 1.165) is 30.3 Å². The normalized spacial score (nSPS) is 10.2. The number of carbonyl (C=O) groups excluding carboxylic acids is 1. The molecule has 2 aromatic rings. The van der Waals surface area contributed by atoms with Gasteiger partial charge in [0.2, 0.25) is 0 Å². The highest BCUT2D eigenvalue weighted by molar-refractivity contribution is 6.02. The van der Waals surface area contributed by atoms with Gasteiger partial charge in [-0.1, -0.05) is 6.07 Å². The van der Waals surface area contributed by atoms with Gasteiger partial charge in [-0.15, -0.1) is 0 Å². The number of carboxylic acid groups (broad SMARTS) is 4. The Morgan fingerprint density at radius 2 is 1.14 bits per heavy atom. The first-order valence-corrected chi connectivity index (χ1v) is 8.01. The second-order valence-electron chi connectivity index (χ2n) is 5.78. The van der Waals surface area contributed by atoms with Gasteiger partial charge in [0.05, 0.1) is 22.3 Å². The molecule has 2 rings (SSSR count). The molecule has 0 fully saturated rings. The number of aromatic carboxylic acids is 4. The van der Waals surface area contributed by atoms with Crippen molar-refractivity contribution in [2.75, 3.05) is 0 Å². The summed E-state index contributed by atoms with van der Waals surface area (Å²) < 4.78 is 5.00. The van der Waals surface area contributed by atoms with Crippen molar-refractivity contribution in [1.29, 1.82) is 0 Å². The van der Waals surface area contributed by atoms with E-state index in [9.17, 15) is 24.0 Å². The molecular formula is C19H14O10. The van der Waals surface area contributed by atoms with Crippen LogP contribution in [-0.2, 0) is 11.2 Å². The van der Waals surface area contributed by atoms with Gasteiger partial charge in [-0.25, -0.2) is 19.2 Å². The summed E-state index contributed by atoms with van der Waals surface area (Å²) in [5.74, 6) is -6.70. The molecule has 0 unspecified atom stereocenters. The maximum atomic E-state index is 12.0. The summed E-state index contributed by atoms with van der Waals surface area (Å²) in [7, 11) is 0. The molecule has 10 heteroatoms. The quantitative estimate of drug-likeness (QED) is 0.377. The van der Waals surface area contributed by atoms with Crippen molar-refractivity contribution < 1.29 is 49.1 Å². The lowest BCUT2D eigenvalue weighted by Crippen LogP contribution is -2.12. The molecule has 0 heterocycles. The number of benzene rings is 2. The first kappa shape index (κ1) is 21.1. The van der Waals surface area contributed by atoms with Gasteiger partial charge < -0.3 is 25.2 Å². The molecule has 0 aliphatic heterocycles. The van der Waals surface area contributed by atoms with Gasteiger partial charge in [-0.05, 0) is 42.3 Å². The van der Waals surface area contributed by atoms with E-state index in [4.69, 9.17) is 25.2 Å². The Balaban J connectivity index is 2.11. The zero-order valence-corrected chi connectivity index (χ0v) is 14.6. The van der Waals surface area contributed by atoms with E-state index in [2.05, 4.69) is 0 Å². The minimum atomic E-state index is -1.50. The smallest absolute Gasteiger partial charge is 0.336 e. The topological polar surface area (TPSA) is 175 Å². The molecule has 29 heavy (non-hydrogen) atoms. The van der Waals surface area contributed by atoms with Crippen molar-refractivity contribution in [2.24, 2.45) is 0 Å². The van der Waals surface area contributed by atoms with Crippen LogP contribution in [0.3, 0.4) is 0 Å². The maximum absolute atomic E-state index is 12.0. The highest BCUT2D eigenvalue weighted by Gasteiger charge is 2.19. The third-order valence-corrected chi connectivity index (χ3v) is 3.85. The fourth-order valence-electron chi connectivity index (χ4n) is 2.49. The van der Waals surface area contributed by atoms with Crippen LogP contribution in [0, 0.1) is 0 Å². The summed E-state index contributed by atoms with van der Waals surface area (Å²) in [5.41, 5.74) is -1.42.